The van der Waals surface area contributed by atoms with E-state index < -0.39 is 23.7 Å². The Morgan fingerprint density at radius 1 is 1.02 bits per heavy atom. The van der Waals surface area contributed by atoms with Gasteiger partial charge in [-0.25, -0.2) is 9.07 Å². The fourth-order valence-electron chi connectivity index (χ4n) is 4.89. The zero-order valence-corrected chi connectivity index (χ0v) is 23.5. The molecule has 0 aliphatic carbocycles. The maximum absolute atomic E-state index is 15.0. The quantitative estimate of drug-likeness (QED) is 0.174. The largest absolute Gasteiger partial charge is 0.491 e. The number of nitrogens with zero attached hydrogens (tertiary/aromatic N) is 4. The summed E-state index contributed by atoms with van der Waals surface area (Å²) in [5.41, 5.74) is 3.30. The van der Waals surface area contributed by atoms with Crippen LogP contribution in [0.15, 0.2) is 102 Å². The second kappa shape index (κ2) is 12.1. The number of rotatable bonds is 8. The Morgan fingerprint density at radius 3 is 2.36 bits per heavy atom. The van der Waals surface area contributed by atoms with Crippen molar-refractivity contribution in [3.8, 4) is 28.8 Å². The van der Waals surface area contributed by atoms with Crippen LogP contribution in [0.25, 0.3) is 23.0 Å². The van der Waals surface area contributed by atoms with Gasteiger partial charge in [-0.1, -0.05) is 55.5 Å². The van der Waals surface area contributed by atoms with Gasteiger partial charge in [-0.2, -0.15) is 10.4 Å². The van der Waals surface area contributed by atoms with Gasteiger partial charge < -0.3 is 4.74 Å². The lowest BCUT2D eigenvalue weighted by atomic mass is 9.91. The Kier molecular flexibility index (Phi) is 8.12. The van der Waals surface area contributed by atoms with Crippen molar-refractivity contribution in [2.45, 2.75) is 33.2 Å². The summed E-state index contributed by atoms with van der Waals surface area (Å²) >= 11 is 0. The molecule has 0 N–H and O–H groups in total. The van der Waals surface area contributed by atoms with Gasteiger partial charge in [0, 0.05) is 22.9 Å². The van der Waals surface area contributed by atoms with Gasteiger partial charge in [0.05, 0.1) is 18.3 Å². The lowest BCUT2D eigenvalue weighted by Gasteiger charge is -2.32. The summed E-state index contributed by atoms with van der Waals surface area (Å²) in [7, 11) is 0. The van der Waals surface area contributed by atoms with Crippen molar-refractivity contribution in [3.63, 3.8) is 0 Å². The molecule has 1 aliphatic heterocycles. The Balaban J connectivity index is 1.66. The number of hydrogen-bond donors (Lipinski definition) is 0. The monoisotopic (exact) mass is 560 g/mol. The molecular weight excluding hydrogens is 531 g/mol. The highest BCUT2D eigenvalue weighted by Crippen LogP contribution is 2.35. The number of hydrogen-bond acceptors (Lipinski definition) is 5. The van der Waals surface area contributed by atoms with Crippen LogP contribution in [0.1, 0.15) is 44.4 Å². The van der Waals surface area contributed by atoms with Crippen LogP contribution in [0, 0.1) is 17.1 Å². The summed E-state index contributed by atoms with van der Waals surface area (Å²) in [5.74, 6) is -1.55. The van der Waals surface area contributed by atoms with Gasteiger partial charge in [-0.3, -0.25) is 14.5 Å². The molecule has 0 spiro atoms. The summed E-state index contributed by atoms with van der Waals surface area (Å²) in [6.07, 6.45) is 4.10. The summed E-state index contributed by atoms with van der Waals surface area (Å²) in [6, 6.07) is 24.6. The van der Waals surface area contributed by atoms with Crippen molar-refractivity contribution in [2.75, 3.05) is 6.61 Å². The van der Waals surface area contributed by atoms with Gasteiger partial charge in [0.25, 0.3) is 11.8 Å². The van der Waals surface area contributed by atoms with E-state index in [2.05, 4.69) is 0 Å². The van der Waals surface area contributed by atoms with Crippen LogP contribution >= 0.6 is 0 Å². The summed E-state index contributed by atoms with van der Waals surface area (Å²) in [6.45, 7) is 5.67. The van der Waals surface area contributed by atoms with Crippen LogP contribution in [0.4, 0.5) is 4.39 Å². The summed E-state index contributed by atoms with van der Waals surface area (Å²) in [5, 5.41) is 14.7. The first-order chi connectivity index (χ1) is 20.3. The SMILES string of the molecule is CCCOc1ccc(-c2nn(-c3ccccc3)cc2/C=C2/C(=O)N(C(C)c3ccccc3)C(=O)C(C#N)=C2C)cc1F. The number of nitriles is 1. The molecule has 0 radical (unpaired) electrons. The van der Waals surface area contributed by atoms with E-state index >= 15 is 4.39 Å². The first-order valence-electron chi connectivity index (χ1n) is 13.7. The minimum atomic E-state index is -0.640. The van der Waals surface area contributed by atoms with E-state index in [9.17, 15) is 14.9 Å². The molecule has 1 aliphatic rings. The lowest BCUT2D eigenvalue weighted by molar-refractivity contribution is -0.143. The van der Waals surface area contributed by atoms with E-state index in [1.165, 1.54) is 6.07 Å². The molecule has 0 saturated carbocycles. The van der Waals surface area contributed by atoms with Crippen LogP contribution in [-0.2, 0) is 9.59 Å². The molecule has 0 saturated heterocycles. The normalized spacial score (nSPS) is 15.2. The summed E-state index contributed by atoms with van der Waals surface area (Å²) in [4.78, 5) is 28.4. The van der Waals surface area contributed by atoms with Gasteiger partial charge in [-0.15, -0.1) is 0 Å². The molecule has 1 aromatic heterocycles. The topological polar surface area (TPSA) is 88.2 Å². The highest BCUT2D eigenvalue weighted by molar-refractivity contribution is 6.20. The third-order valence-corrected chi connectivity index (χ3v) is 7.17. The number of carbonyl (C=O) groups excluding carboxylic acids is 2. The van der Waals surface area contributed by atoms with Crippen molar-refractivity contribution in [1.82, 2.24) is 14.7 Å². The molecule has 1 unspecified atom stereocenters. The van der Waals surface area contributed by atoms with Crippen molar-refractivity contribution in [2.24, 2.45) is 0 Å². The minimum absolute atomic E-state index is 0.107. The van der Waals surface area contributed by atoms with Gasteiger partial charge in [0.1, 0.15) is 17.3 Å². The Bertz CT molecular complexity index is 1750. The number of para-hydroxylation sites is 1. The van der Waals surface area contributed by atoms with E-state index in [-0.39, 0.29) is 22.5 Å². The van der Waals surface area contributed by atoms with Crippen molar-refractivity contribution < 1.29 is 18.7 Å². The fraction of sp³-hybridized carbons (Fsp3) is 0.176. The van der Waals surface area contributed by atoms with E-state index in [4.69, 9.17) is 9.84 Å². The van der Waals surface area contributed by atoms with Gasteiger partial charge in [-0.05, 0) is 67.8 Å². The van der Waals surface area contributed by atoms with Crippen LogP contribution in [0.5, 0.6) is 5.75 Å². The zero-order valence-electron chi connectivity index (χ0n) is 23.5. The van der Waals surface area contributed by atoms with E-state index in [0.717, 1.165) is 22.6 Å². The lowest BCUT2D eigenvalue weighted by Crippen LogP contribution is -2.44. The molecule has 2 heterocycles. The average Bonchev–Trinajstić information content (AvgIpc) is 3.43. The number of aromatic nitrogens is 2. The first-order valence-corrected chi connectivity index (χ1v) is 13.7. The molecule has 1 atom stereocenters. The number of halogens is 1. The number of ether oxygens (including phenoxy) is 1. The van der Waals surface area contributed by atoms with Crippen molar-refractivity contribution in [1.29, 1.82) is 5.26 Å². The molecular formula is C34H29FN4O3. The molecule has 8 heteroatoms. The van der Waals surface area contributed by atoms with Gasteiger partial charge in [0.15, 0.2) is 11.6 Å². The van der Waals surface area contributed by atoms with E-state index in [1.54, 1.807) is 42.9 Å². The average molecular weight is 561 g/mol. The third kappa shape index (κ3) is 5.37. The Labute approximate surface area is 243 Å². The van der Waals surface area contributed by atoms with E-state index in [0.29, 0.717) is 23.4 Å². The second-order valence-corrected chi connectivity index (χ2v) is 9.94. The maximum Gasteiger partial charge on any atom is 0.272 e. The third-order valence-electron chi connectivity index (χ3n) is 7.17. The van der Waals surface area contributed by atoms with Crippen molar-refractivity contribution >= 4 is 17.9 Å². The number of carbonyl (C=O) groups is 2. The smallest absolute Gasteiger partial charge is 0.272 e. The van der Waals surface area contributed by atoms with Crippen LogP contribution in [0.3, 0.4) is 0 Å². The second-order valence-electron chi connectivity index (χ2n) is 9.94. The molecule has 210 valence electrons. The first kappa shape index (κ1) is 28.2. The maximum atomic E-state index is 15.0. The van der Waals surface area contributed by atoms with E-state index in [1.807, 2.05) is 73.7 Å². The number of benzene rings is 3. The summed E-state index contributed by atoms with van der Waals surface area (Å²) < 4.78 is 22.2. The predicted molar refractivity (Wildman–Crippen MR) is 158 cm³/mol. The van der Waals surface area contributed by atoms with Crippen LogP contribution < -0.4 is 4.74 Å². The molecule has 7 nitrogen and oxygen atoms in total. The standard InChI is InChI=1S/C34H29FN4O3/c1-4-17-42-31-16-15-25(19-30(31)35)32-26(21-38(37-32)27-13-9-6-10-14-27)18-28-22(2)29(20-36)34(41)39(33(28)40)23(3)24-11-7-5-8-12-24/h5-16,18-19,21,23H,4,17H2,1-3H3/b28-18+. The molecule has 0 bridgehead atoms. The molecule has 3 aromatic carbocycles. The molecule has 4 aromatic rings. The highest BCUT2D eigenvalue weighted by atomic mass is 19.1. The molecule has 5 rings (SSSR count). The fourth-order valence-corrected chi connectivity index (χ4v) is 4.89. The van der Waals surface area contributed by atoms with Crippen LogP contribution in [0.2, 0.25) is 0 Å². The Morgan fingerprint density at radius 2 is 1.71 bits per heavy atom. The Hall–Kier alpha value is -5.29. The highest BCUT2D eigenvalue weighted by Gasteiger charge is 2.39. The van der Waals surface area contributed by atoms with Crippen LogP contribution in [-0.4, -0.2) is 33.1 Å². The molecule has 2 amide bonds. The molecule has 0 fully saturated rings. The number of imide groups is 1. The number of amides is 2. The van der Waals surface area contributed by atoms with Gasteiger partial charge >= 0.3 is 0 Å². The van der Waals surface area contributed by atoms with Crippen molar-refractivity contribution in [3.05, 3.63) is 119 Å². The van der Waals surface area contributed by atoms with Gasteiger partial charge in [0.2, 0.25) is 0 Å². The minimum Gasteiger partial charge on any atom is -0.491 e. The zero-order chi connectivity index (χ0) is 29.8. The predicted octanol–water partition coefficient (Wildman–Crippen LogP) is 6.82. The molecule has 42 heavy (non-hydrogen) atoms.